The van der Waals surface area contributed by atoms with E-state index in [4.69, 9.17) is 5.11 Å². The van der Waals surface area contributed by atoms with E-state index in [0.29, 0.717) is 16.9 Å². The summed E-state index contributed by atoms with van der Waals surface area (Å²) in [6.07, 6.45) is 6.74. The third-order valence-electron chi connectivity index (χ3n) is 4.38. The van der Waals surface area contributed by atoms with Gasteiger partial charge in [0.05, 0.1) is 16.6 Å². The summed E-state index contributed by atoms with van der Waals surface area (Å²) in [5.74, 6) is 0.172. The van der Waals surface area contributed by atoms with Gasteiger partial charge in [-0.1, -0.05) is 13.3 Å². The highest BCUT2D eigenvalue weighted by atomic mass is 32.2. The van der Waals surface area contributed by atoms with Gasteiger partial charge < -0.3 is 9.67 Å². The van der Waals surface area contributed by atoms with Gasteiger partial charge in [0.1, 0.15) is 5.82 Å². The lowest BCUT2D eigenvalue weighted by atomic mass is 10.2. The molecule has 0 saturated heterocycles. The van der Waals surface area contributed by atoms with Crippen molar-refractivity contribution < 1.29 is 9.90 Å². The molecule has 0 aliphatic heterocycles. The summed E-state index contributed by atoms with van der Waals surface area (Å²) in [5, 5.41) is 9.76. The SMILES string of the molecule is CCc1nc2cc(C(=O)O)ccc2n1C1CCCC1SC. The van der Waals surface area contributed by atoms with Crippen LogP contribution in [0.25, 0.3) is 11.0 Å². The molecule has 2 atom stereocenters. The number of thioether (sulfide) groups is 1. The maximum atomic E-state index is 11.1. The topological polar surface area (TPSA) is 55.1 Å². The number of carboxylic acid groups (broad SMARTS) is 1. The molecule has 1 fully saturated rings. The summed E-state index contributed by atoms with van der Waals surface area (Å²) >= 11 is 1.93. The Labute approximate surface area is 128 Å². The van der Waals surface area contributed by atoms with Gasteiger partial charge in [0.15, 0.2) is 0 Å². The van der Waals surface area contributed by atoms with Crippen molar-refractivity contribution in [2.45, 2.75) is 43.9 Å². The molecule has 112 valence electrons. The highest BCUT2D eigenvalue weighted by Gasteiger charge is 2.30. The second-order valence-corrected chi connectivity index (χ2v) is 6.61. The van der Waals surface area contributed by atoms with E-state index in [1.165, 1.54) is 19.3 Å². The van der Waals surface area contributed by atoms with Crippen LogP contribution in [0.4, 0.5) is 0 Å². The fourth-order valence-electron chi connectivity index (χ4n) is 3.38. The van der Waals surface area contributed by atoms with Gasteiger partial charge in [0, 0.05) is 17.7 Å². The number of aromatic carboxylic acids is 1. The molecular formula is C16H20N2O2S. The number of carbonyl (C=O) groups is 1. The van der Waals surface area contributed by atoms with Crippen LogP contribution in [0.3, 0.4) is 0 Å². The average molecular weight is 304 g/mol. The van der Waals surface area contributed by atoms with Gasteiger partial charge in [-0.15, -0.1) is 0 Å². The van der Waals surface area contributed by atoms with Crippen molar-refractivity contribution in [2.24, 2.45) is 0 Å². The van der Waals surface area contributed by atoms with Gasteiger partial charge in [0.2, 0.25) is 0 Å². The van der Waals surface area contributed by atoms with E-state index < -0.39 is 5.97 Å². The van der Waals surface area contributed by atoms with E-state index in [1.54, 1.807) is 12.1 Å². The predicted molar refractivity (Wildman–Crippen MR) is 86.3 cm³/mol. The number of aromatic nitrogens is 2. The first kappa shape index (κ1) is 14.4. The van der Waals surface area contributed by atoms with Crippen LogP contribution in [0.5, 0.6) is 0 Å². The van der Waals surface area contributed by atoms with E-state index in [0.717, 1.165) is 23.3 Å². The Morgan fingerprint density at radius 2 is 2.29 bits per heavy atom. The molecule has 2 aromatic rings. The Kier molecular flexibility index (Phi) is 3.93. The molecule has 21 heavy (non-hydrogen) atoms. The molecule has 1 aliphatic rings. The molecule has 0 bridgehead atoms. The minimum Gasteiger partial charge on any atom is -0.478 e. The second kappa shape index (κ2) is 5.72. The minimum absolute atomic E-state index is 0.308. The number of aryl methyl sites for hydroxylation is 1. The summed E-state index contributed by atoms with van der Waals surface area (Å²) in [6, 6.07) is 5.78. The number of rotatable bonds is 4. The summed E-state index contributed by atoms with van der Waals surface area (Å²) in [7, 11) is 0. The third-order valence-corrected chi connectivity index (χ3v) is 5.53. The molecule has 1 heterocycles. The van der Waals surface area contributed by atoms with Gasteiger partial charge in [-0.05, 0) is 37.3 Å². The van der Waals surface area contributed by atoms with Crippen molar-refractivity contribution >= 4 is 28.8 Å². The van der Waals surface area contributed by atoms with Crippen molar-refractivity contribution in [1.29, 1.82) is 0 Å². The molecule has 0 amide bonds. The number of nitrogens with zero attached hydrogens (tertiary/aromatic N) is 2. The normalized spacial score (nSPS) is 22.0. The third kappa shape index (κ3) is 2.44. The molecule has 1 N–H and O–H groups in total. The minimum atomic E-state index is -0.896. The van der Waals surface area contributed by atoms with Crippen LogP contribution in [-0.4, -0.2) is 32.1 Å². The highest BCUT2D eigenvalue weighted by Crippen LogP contribution is 2.40. The van der Waals surface area contributed by atoms with E-state index in [-0.39, 0.29) is 0 Å². The smallest absolute Gasteiger partial charge is 0.335 e. The number of benzene rings is 1. The molecule has 1 saturated carbocycles. The summed E-state index contributed by atoms with van der Waals surface area (Å²) in [5.41, 5.74) is 2.18. The van der Waals surface area contributed by atoms with Crippen LogP contribution >= 0.6 is 11.8 Å². The summed E-state index contributed by atoms with van der Waals surface area (Å²) in [6.45, 7) is 2.11. The molecule has 0 radical (unpaired) electrons. The molecular weight excluding hydrogens is 284 g/mol. The largest absolute Gasteiger partial charge is 0.478 e. The van der Waals surface area contributed by atoms with E-state index in [2.05, 4.69) is 22.7 Å². The Morgan fingerprint density at radius 3 is 2.95 bits per heavy atom. The number of fused-ring (bicyclic) bond motifs is 1. The molecule has 1 aromatic carbocycles. The lowest BCUT2D eigenvalue weighted by molar-refractivity contribution is 0.0697. The monoisotopic (exact) mass is 304 g/mol. The van der Waals surface area contributed by atoms with E-state index in [9.17, 15) is 4.79 Å². The van der Waals surface area contributed by atoms with Crippen molar-refractivity contribution in [3.63, 3.8) is 0 Å². The molecule has 1 aliphatic carbocycles. The standard InChI is InChI=1S/C16H20N2O2S/c1-3-15-17-11-9-10(16(19)20)7-8-12(11)18(15)13-5-4-6-14(13)21-2/h7-9,13-14H,3-6H2,1-2H3,(H,19,20). The second-order valence-electron chi connectivity index (χ2n) is 5.53. The fraction of sp³-hybridized carbons (Fsp3) is 0.500. The Morgan fingerprint density at radius 1 is 1.48 bits per heavy atom. The molecule has 3 rings (SSSR count). The first-order valence-corrected chi connectivity index (χ1v) is 8.71. The molecule has 5 heteroatoms. The Hall–Kier alpha value is -1.49. The first-order valence-electron chi connectivity index (χ1n) is 7.42. The number of hydrogen-bond donors (Lipinski definition) is 1. The zero-order valence-corrected chi connectivity index (χ0v) is 13.2. The zero-order valence-electron chi connectivity index (χ0n) is 12.4. The van der Waals surface area contributed by atoms with E-state index in [1.807, 2.05) is 17.8 Å². The van der Waals surface area contributed by atoms with Crippen molar-refractivity contribution in [1.82, 2.24) is 9.55 Å². The Balaban J connectivity index is 2.14. The van der Waals surface area contributed by atoms with Crippen LogP contribution in [0, 0.1) is 0 Å². The zero-order chi connectivity index (χ0) is 15.0. The van der Waals surface area contributed by atoms with Crippen molar-refractivity contribution in [3.05, 3.63) is 29.6 Å². The van der Waals surface area contributed by atoms with Gasteiger partial charge in [-0.3, -0.25) is 0 Å². The lowest BCUT2D eigenvalue weighted by Crippen LogP contribution is -2.17. The first-order chi connectivity index (χ1) is 10.2. The predicted octanol–water partition coefficient (Wildman–Crippen LogP) is 3.75. The van der Waals surface area contributed by atoms with E-state index >= 15 is 0 Å². The molecule has 0 spiro atoms. The van der Waals surface area contributed by atoms with Crippen LogP contribution in [0.1, 0.15) is 48.4 Å². The molecule has 1 aromatic heterocycles. The van der Waals surface area contributed by atoms with Crippen molar-refractivity contribution in [3.8, 4) is 0 Å². The van der Waals surface area contributed by atoms with Gasteiger partial charge in [0.25, 0.3) is 0 Å². The maximum Gasteiger partial charge on any atom is 0.335 e. The number of hydrogen-bond acceptors (Lipinski definition) is 3. The van der Waals surface area contributed by atoms with Crippen LogP contribution in [0.15, 0.2) is 18.2 Å². The Bertz CT molecular complexity index is 680. The van der Waals surface area contributed by atoms with Crippen molar-refractivity contribution in [2.75, 3.05) is 6.26 Å². The lowest BCUT2D eigenvalue weighted by Gasteiger charge is -2.22. The molecule has 4 nitrogen and oxygen atoms in total. The van der Waals surface area contributed by atoms with Crippen LogP contribution < -0.4 is 0 Å². The van der Waals surface area contributed by atoms with Gasteiger partial charge >= 0.3 is 5.97 Å². The fourth-order valence-corrected chi connectivity index (χ4v) is 4.35. The maximum absolute atomic E-state index is 11.1. The number of imidazole rings is 1. The van der Waals surface area contributed by atoms with Gasteiger partial charge in [-0.2, -0.15) is 11.8 Å². The van der Waals surface area contributed by atoms with Crippen LogP contribution in [0.2, 0.25) is 0 Å². The van der Waals surface area contributed by atoms with Crippen LogP contribution in [-0.2, 0) is 6.42 Å². The highest BCUT2D eigenvalue weighted by molar-refractivity contribution is 7.99. The average Bonchev–Trinajstić information content (AvgIpc) is 3.08. The summed E-state index contributed by atoms with van der Waals surface area (Å²) < 4.78 is 2.36. The number of carboxylic acids is 1. The van der Waals surface area contributed by atoms with Gasteiger partial charge in [-0.25, -0.2) is 9.78 Å². The molecule has 2 unspecified atom stereocenters. The quantitative estimate of drug-likeness (QED) is 0.934. The summed E-state index contributed by atoms with van der Waals surface area (Å²) in [4.78, 5) is 15.8.